The molecule has 9 heteroatoms. The molecule has 0 unspecified atom stereocenters. The predicted octanol–water partition coefficient (Wildman–Crippen LogP) is 0.0361. The Kier molecular flexibility index (Phi) is 3.06. The maximum absolute atomic E-state index is 11.2. The zero-order chi connectivity index (χ0) is 13.1. The lowest BCUT2D eigenvalue weighted by Crippen LogP contribution is -2.29. The molecule has 2 aromatic rings. The molecule has 0 fully saturated rings. The van der Waals surface area contributed by atoms with Crippen LogP contribution in [0.5, 0.6) is 0 Å². The third kappa shape index (κ3) is 2.35. The van der Waals surface area contributed by atoms with Crippen LogP contribution >= 0.6 is 0 Å². The minimum Gasteiger partial charge on any atom is -0.466 e. The van der Waals surface area contributed by atoms with Crippen molar-refractivity contribution in [3.63, 3.8) is 0 Å². The van der Waals surface area contributed by atoms with Crippen molar-refractivity contribution >= 4 is 11.7 Å². The van der Waals surface area contributed by atoms with Crippen LogP contribution in [0.2, 0.25) is 0 Å². The van der Waals surface area contributed by atoms with Gasteiger partial charge < -0.3 is 14.5 Å². The van der Waals surface area contributed by atoms with Crippen molar-refractivity contribution in [3.8, 4) is 0 Å². The first-order chi connectivity index (χ1) is 8.60. The number of amides is 1. The van der Waals surface area contributed by atoms with Crippen LogP contribution in [0, 0.1) is 10.1 Å². The molecular formula is C9H9N5O4. The van der Waals surface area contributed by atoms with Crippen molar-refractivity contribution in [3.05, 3.63) is 46.0 Å². The number of aromatic nitrogens is 2. The summed E-state index contributed by atoms with van der Waals surface area (Å²) in [5.41, 5.74) is 2.24. The van der Waals surface area contributed by atoms with Gasteiger partial charge in [0.15, 0.2) is 0 Å². The second-order valence-electron chi connectivity index (χ2n) is 3.40. The number of hydrogen-bond donors (Lipinski definition) is 2. The topological polar surface area (TPSA) is 129 Å². The summed E-state index contributed by atoms with van der Waals surface area (Å²) in [4.78, 5) is 21.0. The number of rotatable bonds is 4. The summed E-state index contributed by atoms with van der Waals surface area (Å²) in [5.74, 6) is 4.68. The maximum atomic E-state index is 11.2. The fourth-order valence-corrected chi connectivity index (χ4v) is 1.36. The summed E-state index contributed by atoms with van der Waals surface area (Å²) in [6.07, 6.45) is 2.69. The molecular weight excluding hydrogens is 242 g/mol. The number of hydrogen-bond acceptors (Lipinski definition) is 6. The maximum Gasteiger partial charge on any atom is 0.389 e. The van der Waals surface area contributed by atoms with E-state index in [-0.39, 0.29) is 17.9 Å². The highest BCUT2D eigenvalue weighted by molar-refractivity contribution is 5.93. The van der Waals surface area contributed by atoms with Crippen molar-refractivity contribution in [2.24, 2.45) is 5.84 Å². The van der Waals surface area contributed by atoms with Gasteiger partial charge in [-0.1, -0.05) is 0 Å². The quantitative estimate of drug-likeness (QED) is 0.341. The normalized spacial score (nSPS) is 10.3. The number of nitrogens with zero attached hydrogens (tertiary/aromatic N) is 3. The molecule has 0 saturated carbocycles. The number of nitrogen functional groups attached to an aromatic ring is 1. The molecule has 0 spiro atoms. The van der Waals surface area contributed by atoms with Gasteiger partial charge in [-0.15, -0.1) is 0 Å². The first kappa shape index (κ1) is 11.8. The van der Waals surface area contributed by atoms with Crippen LogP contribution in [0.1, 0.15) is 16.1 Å². The highest BCUT2D eigenvalue weighted by Crippen LogP contribution is 2.11. The second-order valence-corrected chi connectivity index (χ2v) is 3.40. The van der Waals surface area contributed by atoms with E-state index in [1.807, 2.05) is 5.43 Å². The first-order valence-electron chi connectivity index (χ1n) is 4.86. The van der Waals surface area contributed by atoms with Gasteiger partial charge in [0.25, 0.3) is 5.91 Å². The summed E-state index contributed by atoms with van der Waals surface area (Å²) in [7, 11) is 0. The number of carbonyl (C=O) groups is 1. The summed E-state index contributed by atoms with van der Waals surface area (Å²) in [5, 5.41) is 14.2. The number of nitrogens with one attached hydrogen (secondary N) is 1. The van der Waals surface area contributed by atoms with Crippen molar-refractivity contribution in [1.82, 2.24) is 15.2 Å². The molecule has 0 aliphatic rings. The molecule has 9 nitrogen and oxygen atoms in total. The van der Waals surface area contributed by atoms with Gasteiger partial charge >= 0.3 is 5.82 Å². The van der Waals surface area contributed by atoms with Gasteiger partial charge in [-0.05, 0) is 11.0 Å². The van der Waals surface area contributed by atoms with Crippen LogP contribution in [0.25, 0.3) is 0 Å². The summed E-state index contributed by atoms with van der Waals surface area (Å²) in [6.45, 7) is 0.186. The number of furan rings is 1. The van der Waals surface area contributed by atoms with Gasteiger partial charge in [-0.2, -0.15) is 4.68 Å². The molecule has 2 aromatic heterocycles. The number of hydrazine groups is 1. The fraction of sp³-hybridized carbons (Fsp3) is 0.111. The summed E-state index contributed by atoms with van der Waals surface area (Å²) >= 11 is 0. The Morgan fingerprint density at radius 2 is 2.44 bits per heavy atom. The monoisotopic (exact) mass is 251 g/mol. The average Bonchev–Trinajstić information content (AvgIpc) is 2.98. The molecule has 2 heterocycles. The Balaban J connectivity index is 2.11. The van der Waals surface area contributed by atoms with E-state index in [4.69, 9.17) is 10.3 Å². The van der Waals surface area contributed by atoms with Crippen LogP contribution in [-0.2, 0) is 6.54 Å². The summed E-state index contributed by atoms with van der Waals surface area (Å²) < 4.78 is 6.45. The molecule has 3 N–H and O–H groups in total. The minimum atomic E-state index is -0.591. The minimum absolute atomic E-state index is 0.186. The van der Waals surface area contributed by atoms with E-state index in [0.29, 0.717) is 5.76 Å². The lowest BCUT2D eigenvalue weighted by Gasteiger charge is -1.92. The Morgan fingerprint density at radius 1 is 1.67 bits per heavy atom. The highest BCUT2D eigenvalue weighted by Gasteiger charge is 2.14. The third-order valence-electron chi connectivity index (χ3n) is 2.18. The zero-order valence-corrected chi connectivity index (χ0v) is 9.07. The molecule has 2 rings (SSSR count). The molecule has 0 atom stereocenters. The van der Waals surface area contributed by atoms with Gasteiger partial charge in [0.05, 0.1) is 22.9 Å². The van der Waals surface area contributed by atoms with E-state index < -0.39 is 10.8 Å². The number of carbonyl (C=O) groups excluding carboxylic acids is 1. The molecule has 0 saturated heterocycles. The van der Waals surface area contributed by atoms with Crippen LogP contribution in [0.4, 0.5) is 5.82 Å². The van der Waals surface area contributed by atoms with E-state index in [1.54, 1.807) is 0 Å². The SMILES string of the molecule is NNC(=O)c1coc(Cn2ccc([N+](=O)[O-])n2)c1. The number of nitrogens with two attached hydrogens (primary N) is 1. The van der Waals surface area contributed by atoms with E-state index in [9.17, 15) is 14.9 Å². The average molecular weight is 251 g/mol. The van der Waals surface area contributed by atoms with E-state index in [1.165, 1.54) is 29.3 Å². The van der Waals surface area contributed by atoms with Crippen LogP contribution < -0.4 is 11.3 Å². The van der Waals surface area contributed by atoms with Crippen molar-refractivity contribution in [2.45, 2.75) is 6.54 Å². The largest absolute Gasteiger partial charge is 0.466 e. The molecule has 1 amide bonds. The van der Waals surface area contributed by atoms with Gasteiger partial charge in [0.1, 0.15) is 18.6 Å². The van der Waals surface area contributed by atoms with E-state index >= 15 is 0 Å². The molecule has 0 aliphatic carbocycles. The second kappa shape index (κ2) is 4.67. The Labute approximate surface area is 100 Å². The molecule has 0 aromatic carbocycles. The zero-order valence-electron chi connectivity index (χ0n) is 9.07. The van der Waals surface area contributed by atoms with Crippen LogP contribution in [0.3, 0.4) is 0 Å². The van der Waals surface area contributed by atoms with Gasteiger partial charge in [-0.3, -0.25) is 10.2 Å². The standard InChI is InChI=1S/C9H9N5O4/c10-11-9(15)6-3-7(18-5-6)4-13-2-1-8(12-13)14(16)17/h1-3,5H,4,10H2,(H,11,15). The van der Waals surface area contributed by atoms with Gasteiger partial charge in [0.2, 0.25) is 0 Å². The molecule has 0 bridgehead atoms. The molecule has 18 heavy (non-hydrogen) atoms. The highest BCUT2D eigenvalue weighted by atomic mass is 16.6. The smallest absolute Gasteiger partial charge is 0.389 e. The van der Waals surface area contributed by atoms with Gasteiger partial charge in [-0.25, -0.2) is 5.84 Å². The summed E-state index contributed by atoms with van der Waals surface area (Å²) in [6, 6.07) is 2.76. The van der Waals surface area contributed by atoms with Crippen molar-refractivity contribution in [1.29, 1.82) is 0 Å². The van der Waals surface area contributed by atoms with Crippen molar-refractivity contribution < 1.29 is 14.1 Å². The van der Waals surface area contributed by atoms with Gasteiger partial charge in [0, 0.05) is 0 Å². The third-order valence-corrected chi connectivity index (χ3v) is 2.18. The molecule has 0 radical (unpaired) electrons. The lowest BCUT2D eigenvalue weighted by molar-refractivity contribution is -0.389. The van der Waals surface area contributed by atoms with Crippen LogP contribution in [0.15, 0.2) is 29.0 Å². The number of nitro groups is 1. The van der Waals surface area contributed by atoms with Crippen LogP contribution in [-0.4, -0.2) is 20.6 Å². The van der Waals surface area contributed by atoms with E-state index in [0.717, 1.165) is 0 Å². The fourth-order valence-electron chi connectivity index (χ4n) is 1.36. The Bertz CT molecular complexity index is 587. The van der Waals surface area contributed by atoms with E-state index in [2.05, 4.69) is 5.10 Å². The Morgan fingerprint density at radius 3 is 3.06 bits per heavy atom. The first-order valence-corrected chi connectivity index (χ1v) is 4.86. The molecule has 0 aliphatic heterocycles. The predicted molar refractivity (Wildman–Crippen MR) is 58.3 cm³/mol. The lowest BCUT2D eigenvalue weighted by atomic mass is 10.3. The Hall–Kier alpha value is -2.68. The van der Waals surface area contributed by atoms with Crippen molar-refractivity contribution in [2.75, 3.05) is 0 Å². The molecule has 94 valence electrons.